The van der Waals surface area contributed by atoms with Crippen LogP contribution in [-0.2, 0) is 0 Å². The Balaban J connectivity index is 0.000000187. The van der Waals surface area contributed by atoms with E-state index in [0.29, 0.717) is 0 Å². The highest BCUT2D eigenvalue weighted by atomic mass is 15.0. The summed E-state index contributed by atoms with van der Waals surface area (Å²) in [5, 5.41) is 6.44. The minimum absolute atomic E-state index is 1.14. The first-order valence-corrected chi connectivity index (χ1v) is 2.84. The summed E-state index contributed by atoms with van der Waals surface area (Å²) in [6.07, 6.45) is 0. The minimum Gasteiger partial charge on any atom is -0.314 e. The van der Waals surface area contributed by atoms with Crippen molar-refractivity contribution in [1.29, 1.82) is 5.53 Å². The lowest BCUT2D eigenvalue weighted by atomic mass is 10.4. The van der Waals surface area contributed by atoms with Gasteiger partial charge < -0.3 is 10.6 Å². The Morgan fingerprint density at radius 1 is 1.11 bits per heavy atom. The monoisotopic (exact) mass is 129 g/mol. The van der Waals surface area contributed by atoms with E-state index < -0.39 is 0 Å². The van der Waals surface area contributed by atoms with Crippen molar-refractivity contribution in [3.63, 3.8) is 0 Å². The molecule has 0 aromatic carbocycles. The molecule has 0 bridgehead atoms. The van der Waals surface area contributed by atoms with Crippen LogP contribution in [0.15, 0.2) is 0 Å². The van der Waals surface area contributed by atoms with Crippen LogP contribution in [0, 0.1) is 5.53 Å². The molecular formula is C4H11N5. The van der Waals surface area contributed by atoms with Crippen molar-refractivity contribution in [2.75, 3.05) is 26.2 Å². The molecule has 0 aromatic heterocycles. The van der Waals surface area contributed by atoms with Crippen molar-refractivity contribution >= 4 is 0 Å². The Morgan fingerprint density at radius 2 is 1.33 bits per heavy atom. The van der Waals surface area contributed by atoms with Gasteiger partial charge >= 0.3 is 0 Å². The fraction of sp³-hybridized carbons (Fsp3) is 1.00. The third kappa shape index (κ3) is 7.23. The van der Waals surface area contributed by atoms with Crippen LogP contribution in [0.25, 0.3) is 10.4 Å². The summed E-state index contributed by atoms with van der Waals surface area (Å²) >= 11 is 0. The van der Waals surface area contributed by atoms with Crippen LogP contribution >= 0.6 is 0 Å². The Labute approximate surface area is 53.9 Å². The van der Waals surface area contributed by atoms with Crippen molar-refractivity contribution < 1.29 is 0 Å². The average molecular weight is 129 g/mol. The van der Waals surface area contributed by atoms with Crippen molar-refractivity contribution in [2.24, 2.45) is 0 Å². The van der Waals surface area contributed by atoms with E-state index in [-0.39, 0.29) is 0 Å². The van der Waals surface area contributed by atoms with E-state index >= 15 is 0 Å². The molecule has 1 aliphatic rings. The molecule has 0 amide bonds. The summed E-state index contributed by atoms with van der Waals surface area (Å²) < 4.78 is 0. The van der Waals surface area contributed by atoms with Crippen LogP contribution in [0.2, 0.25) is 0 Å². The van der Waals surface area contributed by atoms with Gasteiger partial charge in [-0.1, -0.05) is 0 Å². The van der Waals surface area contributed by atoms with E-state index in [1.165, 1.54) is 0 Å². The fourth-order valence-corrected chi connectivity index (χ4v) is 0.604. The number of nitrogens with zero attached hydrogens (tertiary/aromatic N) is 2. The maximum atomic E-state index is 6.86. The number of piperazine rings is 1. The van der Waals surface area contributed by atoms with Crippen LogP contribution < -0.4 is 10.6 Å². The van der Waals surface area contributed by atoms with Gasteiger partial charge in [0.15, 0.2) is 0 Å². The third-order valence-electron chi connectivity index (χ3n) is 0.957. The molecule has 0 radical (unpaired) electrons. The number of nitrogens with one attached hydrogen (secondary N) is 3. The van der Waals surface area contributed by atoms with Crippen LogP contribution in [0.1, 0.15) is 0 Å². The van der Waals surface area contributed by atoms with E-state index in [1.807, 2.05) is 0 Å². The van der Waals surface area contributed by atoms with E-state index in [4.69, 9.17) is 11.1 Å². The van der Waals surface area contributed by atoms with Crippen LogP contribution in [0.4, 0.5) is 0 Å². The molecule has 1 rings (SSSR count). The molecule has 9 heavy (non-hydrogen) atoms. The maximum absolute atomic E-state index is 6.86. The van der Waals surface area contributed by atoms with Gasteiger partial charge in [-0.15, -0.1) is 5.53 Å². The van der Waals surface area contributed by atoms with Crippen molar-refractivity contribution in [1.82, 2.24) is 10.6 Å². The van der Waals surface area contributed by atoms with Gasteiger partial charge in [0.2, 0.25) is 0 Å². The Morgan fingerprint density at radius 3 is 1.44 bits per heavy atom. The Bertz CT molecular complexity index is 69.4. The Hall–Kier alpha value is -0.770. The predicted octanol–water partition coefficient (Wildman–Crippen LogP) is 0.0547. The average Bonchev–Trinajstić information content (AvgIpc) is 1.93. The number of hydrogen-bond donors (Lipinski definition) is 3. The first-order valence-electron chi connectivity index (χ1n) is 2.84. The lowest BCUT2D eigenvalue weighted by Crippen LogP contribution is -2.39. The molecule has 0 unspecified atom stereocenters. The van der Waals surface area contributed by atoms with E-state index in [0.717, 1.165) is 26.2 Å². The van der Waals surface area contributed by atoms with Gasteiger partial charge in [0.05, 0.1) is 0 Å². The molecule has 0 atom stereocenters. The molecule has 0 aromatic rings. The molecule has 0 saturated carbocycles. The van der Waals surface area contributed by atoms with Gasteiger partial charge in [0, 0.05) is 26.2 Å². The normalized spacial score (nSPS) is 16.9. The fourth-order valence-electron chi connectivity index (χ4n) is 0.604. The quantitative estimate of drug-likeness (QED) is 0.245. The number of hydrogen-bond acceptors (Lipinski definition) is 3. The zero-order chi connectivity index (χ0) is 6.95. The van der Waals surface area contributed by atoms with Gasteiger partial charge in [0.1, 0.15) is 0 Å². The van der Waals surface area contributed by atoms with Gasteiger partial charge in [0.25, 0.3) is 0 Å². The van der Waals surface area contributed by atoms with Crippen molar-refractivity contribution in [2.45, 2.75) is 0 Å². The van der Waals surface area contributed by atoms with E-state index in [1.54, 1.807) is 4.91 Å². The SMILES string of the molecule is C1CNCCN1.[N-]=[N+]=N. The second-order valence-corrected chi connectivity index (χ2v) is 1.60. The lowest BCUT2D eigenvalue weighted by Gasteiger charge is -2.11. The highest BCUT2D eigenvalue weighted by Crippen LogP contribution is 1.65. The van der Waals surface area contributed by atoms with Gasteiger partial charge in [-0.25, -0.2) is 0 Å². The molecule has 52 valence electrons. The van der Waals surface area contributed by atoms with Gasteiger partial charge in [-0.05, 0) is 10.4 Å². The molecule has 0 spiro atoms. The summed E-state index contributed by atoms with van der Waals surface area (Å²) in [6.45, 7) is 4.56. The molecule has 5 nitrogen and oxygen atoms in total. The first-order chi connectivity index (χ1) is 4.41. The predicted molar refractivity (Wildman–Crippen MR) is 35.2 cm³/mol. The second kappa shape index (κ2) is 7.23. The van der Waals surface area contributed by atoms with Crippen LogP contribution in [0.3, 0.4) is 0 Å². The lowest BCUT2D eigenvalue weighted by molar-refractivity contribution is 0.534. The minimum atomic E-state index is 1.14. The van der Waals surface area contributed by atoms with Crippen LogP contribution in [0.5, 0.6) is 0 Å². The first kappa shape index (κ1) is 8.23. The molecule has 1 heterocycles. The molecule has 1 fully saturated rings. The summed E-state index contributed by atoms with van der Waals surface area (Å²) in [4.78, 5) is 1.75. The molecule has 1 aliphatic heterocycles. The zero-order valence-electron chi connectivity index (χ0n) is 5.22. The van der Waals surface area contributed by atoms with E-state index in [2.05, 4.69) is 10.6 Å². The molecular weight excluding hydrogens is 118 g/mol. The van der Waals surface area contributed by atoms with E-state index in [9.17, 15) is 0 Å². The summed E-state index contributed by atoms with van der Waals surface area (Å²) in [5.74, 6) is 0. The number of rotatable bonds is 0. The van der Waals surface area contributed by atoms with Crippen molar-refractivity contribution in [3.8, 4) is 0 Å². The maximum Gasteiger partial charge on any atom is 0.00772 e. The van der Waals surface area contributed by atoms with Crippen LogP contribution in [-0.4, -0.2) is 26.2 Å². The van der Waals surface area contributed by atoms with Gasteiger partial charge in [-0.3, -0.25) is 0 Å². The summed E-state index contributed by atoms with van der Waals surface area (Å²) in [5.41, 5.74) is 12.2. The third-order valence-corrected chi connectivity index (χ3v) is 0.957. The smallest absolute Gasteiger partial charge is 0.00772 e. The molecule has 3 N–H and O–H groups in total. The largest absolute Gasteiger partial charge is 0.314 e. The molecule has 0 aliphatic carbocycles. The molecule has 1 saturated heterocycles. The van der Waals surface area contributed by atoms with Crippen molar-refractivity contribution in [3.05, 3.63) is 10.4 Å². The second-order valence-electron chi connectivity index (χ2n) is 1.60. The Kier molecular flexibility index (Phi) is 6.61. The summed E-state index contributed by atoms with van der Waals surface area (Å²) in [6, 6.07) is 0. The van der Waals surface area contributed by atoms with Gasteiger partial charge in [-0.2, -0.15) is 0 Å². The standard InChI is InChI=1S/C4H10N2.HN3/c1-2-6-4-3-5-1;1-3-2/h5-6H,1-4H2;1H. The highest BCUT2D eigenvalue weighted by molar-refractivity contribution is 4.59. The topological polar surface area (TPSA) is 84.3 Å². The highest BCUT2D eigenvalue weighted by Gasteiger charge is 1.91. The zero-order valence-corrected chi connectivity index (χ0v) is 5.22. The summed E-state index contributed by atoms with van der Waals surface area (Å²) in [7, 11) is 0. The molecule has 5 heteroatoms.